The third-order valence-corrected chi connectivity index (χ3v) is 6.31. The SMILES string of the molecule is CN(CC1CN(C)c2c(F)cccc2O1)c1ncc2c3n[nH]cc3c(=O)n(-c3ccccc3F)c2n1. The summed E-state index contributed by atoms with van der Waals surface area (Å²) in [6, 6.07) is 10.8. The Morgan fingerprint density at radius 3 is 2.78 bits per heavy atom. The van der Waals surface area contributed by atoms with Crippen LogP contribution in [-0.2, 0) is 0 Å². The summed E-state index contributed by atoms with van der Waals surface area (Å²) in [6.07, 6.45) is 2.76. The summed E-state index contributed by atoms with van der Waals surface area (Å²) in [4.78, 5) is 26.1. The lowest BCUT2D eigenvalue weighted by molar-refractivity contribution is 0.200. The fourth-order valence-corrected chi connectivity index (χ4v) is 4.67. The number of nitrogens with one attached hydrogen (secondary N) is 1. The molecule has 5 aromatic rings. The first-order chi connectivity index (χ1) is 17.4. The summed E-state index contributed by atoms with van der Waals surface area (Å²) >= 11 is 0. The molecule has 0 radical (unpaired) electrons. The minimum absolute atomic E-state index is 0.0822. The lowest BCUT2D eigenvalue weighted by Gasteiger charge is -2.35. The third-order valence-electron chi connectivity index (χ3n) is 6.31. The van der Waals surface area contributed by atoms with Crippen LogP contribution in [0.15, 0.2) is 59.7 Å². The van der Waals surface area contributed by atoms with E-state index in [4.69, 9.17) is 4.74 Å². The molecule has 11 heteroatoms. The number of rotatable bonds is 4. The molecule has 1 aliphatic heterocycles. The van der Waals surface area contributed by atoms with Crippen molar-refractivity contribution < 1.29 is 13.5 Å². The third kappa shape index (κ3) is 3.43. The molecule has 1 aliphatic rings. The van der Waals surface area contributed by atoms with Crippen molar-refractivity contribution in [3.8, 4) is 11.4 Å². The highest BCUT2D eigenvalue weighted by atomic mass is 19.1. The van der Waals surface area contributed by atoms with Crippen LogP contribution in [0.2, 0.25) is 0 Å². The predicted molar refractivity (Wildman–Crippen MR) is 132 cm³/mol. The van der Waals surface area contributed by atoms with Crippen LogP contribution in [0.3, 0.4) is 0 Å². The van der Waals surface area contributed by atoms with E-state index in [1.54, 1.807) is 42.4 Å². The fourth-order valence-electron chi connectivity index (χ4n) is 4.67. The van der Waals surface area contributed by atoms with Crippen LogP contribution in [0, 0.1) is 11.6 Å². The molecule has 0 spiro atoms. The Labute approximate surface area is 203 Å². The normalized spacial score (nSPS) is 15.2. The summed E-state index contributed by atoms with van der Waals surface area (Å²) in [5, 5.41) is 7.70. The van der Waals surface area contributed by atoms with Crippen LogP contribution in [0.1, 0.15) is 0 Å². The van der Waals surface area contributed by atoms with Gasteiger partial charge < -0.3 is 14.5 Å². The highest BCUT2D eigenvalue weighted by molar-refractivity contribution is 6.02. The highest BCUT2D eigenvalue weighted by Gasteiger charge is 2.28. The van der Waals surface area contributed by atoms with Gasteiger partial charge in [0.2, 0.25) is 5.95 Å². The van der Waals surface area contributed by atoms with Crippen LogP contribution >= 0.6 is 0 Å². The van der Waals surface area contributed by atoms with E-state index < -0.39 is 11.4 Å². The van der Waals surface area contributed by atoms with Gasteiger partial charge in [0, 0.05) is 26.5 Å². The second-order valence-electron chi connectivity index (χ2n) is 8.73. The quantitative estimate of drug-likeness (QED) is 0.414. The van der Waals surface area contributed by atoms with Crippen molar-refractivity contribution in [3.05, 3.63) is 76.8 Å². The average molecular weight is 489 g/mol. The Hall–Kier alpha value is -4.54. The van der Waals surface area contributed by atoms with Gasteiger partial charge in [-0.3, -0.25) is 14.5 Å². The number of hydrogen-bond acceptors (Lipinski definition) is 7. The number of hydrogen-bond donors (Lipinski definition) is 1. The lowest BCUT2D eigenvalue weighted by atomic mass is 10.2. The molecule has 0 amide bonds. The van der Waals surface area contributed by atoms with Crippen LogP contribution in [0.25, 0.3) is 27.6 Å². The molecule has 0 saturated heterocycles. The van der Waals surface area contributed by atoms with Crippen molar-refractivity contribution in [2.75, 3.05) is 37.0 Å². The molecule has 1 unspecified atom stereocenters. The molecule has 36 heavy (non-hydrogen) atoms. The summed E-state index contributed by atoms with van der Waals surface area (Å²) in [5.74, 6) is -0.105. The molecule has 1 atom stereocenters. The second-order valence-corrected chi connectivity index (χ2v) is 8.73. The minimum atomic E-state index is -0.554. The van der Waals surface area contributed by atoms with E-state index in [2.05, 4.69) is 20.2 Å². The van der Waals surface area contributed by atoms with E-state index >= 15 is 0 Å². The van der Waals surface area contributed by atoms with Crippen LogP contribution in [0.5, 0.6) is 5.75 Å². The number of likely N-dealkylation sites (N-methyl/N-ethyl adjacent to an activating group) is 2. The maximum atomic E-state index is 14.8. The molecule has 0 saturated carbocycles. The Morgan fingerprint density at radius 1 is 1.14 bits per heavy atom. The smallest absolute Gasteiger partial charge is 0.267 e. The van der Waals surface area contributed by atoms with Gasteiger partial charge in [-0.15, -0.1) is 0 Å². The molecule has 3 aromatic heterocycles. The van der Waals surface area contributed by atoms with Crippen molar-refractivity contribution >= 4 is 33.6 Å². The van der Waals surface area contributed by atoms with Gasteiger partial charge in [0.15, 0.2) is 5.65 Å². The largest absolute Gasteiger partial charge is 0.484 e. The van der Waals surface area contributed by atoms with Crippen molar-refractivity contribution in [2.24, 2.45) is 0 Å². The fraction of sp³-hybridized carbons (Fsp3) is 0.200. The number of nitrogens with zero attached hydrogens (tertiary/aromatic N) is 6. The summed E-state index contributed by atoms with van der Waals surface area (Å²) in [6.45, 7) is 0.847. The van der Waals surface area contributed by atoms with Gasteiger partial charge in [-0.25, -0.2) is 13.8 Å². The lowest BCUT2D eigenvalue weighted by Crippen LogP contribution is -2.45. The topological polar surface area (TPSA) is 92.2 Å². The van der Waals surface area contributed by atoms with Crippen LogP contribution in [-0.4, -0.2) is 58.0 Å². The van der Waals surface area contributed by atoms with Crippen molar-refractivity contribution in [1.82, 2.24) is 24.7 Å². The van der Waals surface area contributed by atoms with Gasteiger partial charge in [0.1, 0.15) is 34.7 Å². The van der Waals surface area contributed by atoms with Gasteiger partial charge in [-0.05, 0) is 24.3 Å². The number of fused-ring (bicyclic) bond motifs is 4. The first-order valence-corrected chi connectivity index (χ1v) is 11.3. The molecule has 182 valence electrons. The van der Waals surface area contributed by atoms with Crippen molar-refractivity contribution in [3.63, 3.8) is 0 Å². The number of anilines is 2. The van der Waals surface area contributed by atoms with E-state index in [0.717, 1.165) is 0 Å². The molecule has 0 aliphatic carbocycles. The average Bonchev–Trinajstić information content (AvgIpc) is 3.35. The maximum Gasteiger partial charge on any atom is 0.267 e. The van der Waals surface area contributed by atoms with E-state index in [0.29, 0.717) is 46.8 Å². The number of para-hydroxylation sites is 2. The Bertz CT molecular complexity index is 1680. The predicted octanol–water partition coefficient (Wildman–Crippen LogP) is 3.27. The number of halogens is 2. The summed E-state index contributed by atoms with van der Waals surface area (Å²) in [7, 11) is 3.61. The molecular weight excluding hydrogens is 468 g/mol. The Balaban J connectivity index is 1.41. The van der Waals surface area contributed by atoms with Gasteiger partial charge in [0.25, 0.3) is 5.56 Å². The number of benzene rings is 2. The van der Waals surface area contributed by atoms with E-state index in [9.17, 15) is 13.6 Å². The number of pyridine rings is 1. The second kappa shape index (κ2) is 8.29. The summed E-state index contributed by atoms with van der Waals surface area (Å²) < 4.78 is 36.3. The Kier molecular flexibility index (Phi) is 5.06. The first kappa shape index (κ1) is 22.0. The number of aromatic amines is 1. The number of aromatic nitrogens is 5. The molecule has 6 rings (SSSR count). The zero-order valence-electron chi connectivity index (χ0n) is 19.4. The molecule has 0 fully saturated rings. The zero-order valence-corrected chi connectivity index (χ0v) is 19.4. The van der Waals surface area contributed by atoms with Gasteiger partial charge in [0.05, 0.1) is 29.5 Å². The minimum Gasteiger partial charge on any atom is -0.484 e. The van der Waals surface area contributed by atoms with Crippen molar-refractivity contribution in [2.45, 2.75) is 6.10 Å². The molecule has 4 heterocycles. The molecule has 0 bridgehead atoms. The zero-order chi connectivity index (χ0) is 25.0. The van der Waals surface area contributed by atoms with Gasteiger partial charge >= 0.3 is 0 Å². The van der Waals surface area contributed by atoms with E-state index in [1.807, 2.05) is 11.9 Å². The van der Waals surface area contributed by atoms with E-state index in [-0.39, 0.29) is 23.3 Å². The molecule has 9 nitrogen and oxygen atoms in total. The Morgan fingerprint density at radius 2 is 1.94 bits per heavy atom. The highest BCUT2D eigenvalue weighted by Crippen LogP contribution is 2.35. The number of ether oxygens (including phenoxy) is 1. The molecule has 1 N–H and O–H groups in total. The molecular formula is C25H21F2N7O2. The first-order valence-electron chi connectivity index (χ1n) is 11.3. The van der Waals surface area contributed by atoms with Gasteiger partial charge in [-0.1, -0.05) is 18.2 Å². The summed E-state index contributed by atoms with van der Waals surface area (Å²) in [5.41, 5.74) is 0.705. The monoisotopic (exact) mass is 489 g/mol. The molecule has 2 aromatic carbocycles. The standard InChI is InChI=1S/C25H21F2N7O2/c1-32-12-14(36-20-9-5-7-18(27)22(20)32)13-33(2)25-28-10-15-21-16(11-29-31-21)24(35)34(23(15)30-25)19-8-4-3-6-17(19)26/h3-11,14H,12-13H2,1-2H3,(H,29,31). The van der Waals surface area contributed by atoms with Crippen LogP contribution < -0.4 is 20.1 Å². The van der Waals surface area contributed by atoms with E-state index in [1.165, 1.54) is 29.0 Å². The van der Waals surface area contributed by atoms with Crippen LogP contribution in [0.4, 0.5) is 20.4 Å². The van der Waals surface area contributed by atoms with Gasteiger partial charge in [-0.2, -0.15) is 10.1 Å². The van der Waals surface area contributed by atoms with Crippen molar-refractivity contribution in [1.29, 1.82) is 0 Å². The number of H-pyrrole nitrogens is 1. The maximum absolute atomic E-state index is 14.8.